The number of carbonyl (C=O) groups excluding carboxylic acids is 1. The van der Waals surface area contributed by atoms with Crippen molar-refractivity contribution in [2.24, 2.45) is 11.8 Å². The molecule has 2 heterocycles. The van der Waals surface area contributed by atoms with Gasteiger partial charge in [0, 0.05) is 5.02 Å². The van der Waals surface area contributed by atoms with Gasteiger partial charge in [0.2, 0.25) is 0 Å². The minimum atomic E-state index is -0.163. The fraction of sp³-hybridized carbons (Fsp3) is 0.526. The highest BCUT2D eigenvalue weighted by atomic mass is 35.5. The molecule has 2 fully saturated rings. The van der Waals surface area contributed by atoms with Gasteiger partial charge in [0.1, 0.15) is 0 Å². The van der Waals surface area contributed by atoms with Crippen LogP contribution in [-0.4, -0.2) is 34.0 Å². The molecule has 1 aromatic carbocycles. The highest BCUT2D eigenvalue weighted by molar-refractivity contribution is 6.30. The van der Waals surface area contributed by atoms with E-state index < -0.39 is 0 Å². The van der Waals surface area contributed by atoms with Crippen molar-refractivity contribution in [3.05, 3.63) is 46.7 Å². The molecule has 1 aromatic heterocycles. The summed E-state index contributed by atoms with van der Waals surface area (Å²) in [5.41, 5.74) is 1.47. The zero-order chi connectivity index (χ0) is 18.1. The summed E-state index contributed by atoms with van der Waals surface area (Å²) in [5, 5.41) is 15.5. The van der Waals surface area contributed by atoms with E-state index >= 15 is 0 Å². The molecular weight excluding hydrogens is 350 g/mol. The number of hydrogen-bond donors (Lipinski definition) is 2. The lowest BCUT2D eigenvalue weighted by Gasteiger charge is -2.22. The molecule has 0 spiro atoms. The second-order valence-corrected chi connectivity index (χ2v) is 7.88. The fourth-order valence-corrected chi connectivity index (χ4v) is 3.89. The summed E-state index contributed by atoms with van der Waals surface area (Å²) in [7, 11) is 0. The fourth-order valence-electron chi connectivity index (χ4n) is 3.77. The third-order valence-electron chi connectivity index (χ3n) is 5.54. The normalized spacial score (nSPS) is 24.2. The van der Waals surface area contributed by atoms with Gasteiger partial charge in [-0.05, 0) is 61.9 Å². The first kappa shape index (κ1) is 17.5. The average Bonchev–Trinajstić information content (AvgIpc) is 3.18. The molecular formula is C19H24ClN5O. The van der Waals surface area contributed by atoms with Crippen LogP contribution in [0.15, 0.2) is 30.5 Å². The molecule has 26 heavy (non-hydrogen) atoms. The third kappa shape index (κ3) is 3.76. The second kappa shape index (κ2) is 7.37. The number of rotatable bonds is 5. The van der Waals surface area contributed by atoms with Crippen LogP contribution in [0.25, 0.3) is 0 Å². The van der Waals surface area contributed by atoms with Crippen molar-refractivity contribution < 1.29 is 4.79 Å². The first-order valence-corrected chi connectivity index (χ1v) is 9.68. The first-order valence-electron chi connectivity index (χ1n) is 9.30. The van der Waals surface area contributed by atoms with Crippen LogP contribution in [0, 0.1) is 11.8 Å². The van der Waals surface area contributed by atoms with Gasteiger partial charge in [-0.15, -0.1) is 5.10 Å². The molecule has 1 aliphatic heterocycles. The molecule has 6 nitrogen and oxygen atoms in total. The van der Waals surface area contributed by atoms with Crippen LogP contribution in [0.4, 0.5) is 0 Å². The van der Waals surface area contributed by atoms with Crippen molar-refractivity contribution >= 4 is 17.5 Å². The Kier molecular flexibility index (Phi) is 4.96. The standard InChI is InChI=1S/C19H24ClN5O/c1-12-10-16(12)18(13-2-4-14(20)5-3-13)22-19(26)17-11-25(24-23-17)15-6-8-21-9-7-15/h2-5,11-12,15-16,18,21H,6-10H2,1H3,(H,22,26). The van der Waals surface area contributed by atoms with Crippen LogP contribution < -0.4 is 10.6 Å². The van der Waals surface area contributed by atoms with Crippen molar-refractivity contribution in [2.75, 3.05) is 13.1 Å². The van der Waals surface area contributed by atoms with E-state index in [1.54, 1.807) is 6.20 Å². The van der Waals surface area contributed by atoms with E-state index in [1.807, 2.05) is 28.9 Å². The highest BCUT2D eigenvalue weighted by Crippen LogP contribution is 2.47. The molecule has 3 atom stereocenters. The van der Waals surface area contributed by atoms with Crippen LogP contribution in [0.5, 0.6) is 0 Å². The molecule has 3 unspecified atom stereocenters. The van der Waals surface area contributed by atoms with Crippen LogP contribution in [0.3, 0.4) is 0 Å². The first-order chi connectivity index (χ1) is 12.6. The van der Waals surface area contributed by atoms with Crippen molar-refractivity contribution in [1.29, 1.82) is 0 Å². The SMILES string of the molecule is CC1CC1C(NC(=O)c1cn(C2CCNCC2)nn1)c1ccc(Cl)cc1. The molecule has 2 aromatic rings. The van der Waals surface area contributed by atoms with Crippen molar-refractivity contribution in [3.63, 3.8) is 0 Å². The highest BCUT2D eigenvalue weighted by Gasteiger charge is 2.41. The second-order valence-electron chi connectivity index (χ2n) is 7.44. The Bertz CT molecular complexity index is 768. The summed E-state index contributed by atoms with van der Waals surface area (Å²) >= 11 is 6.01. The number of piperidine rings is 1. The number of hydrogen-bond acceptors (Lipinski definition) is 4. The zero-order valence-corrected chi connectivity index (χ0v) is 15.6. The molecule has 0 radical (unpaired) electrons. The average molecular weight is 374 g/mol. The summed E-state index contributed by atoms with van der Waals surface area (Å²) < 4.78 is 1.84. The van der Waals surface area contributed by atoms with Gasteiger partial charge in [-0.2, -0.15) is 0 Å². The maximum Gasteiger partial charge on any atom is 0.273 e. The number of carbonyl (C=O) groups is 1. The summed E-state index contributed by atoms with van der Waals surface area (Å²) in [6, 6.07) is 8.03. The van der Waals surface area contributed by atoms with Crippen molar-refractivity contribution in [1.82, 2.24) is 25.6 Å². The molecule has 1 amide bonds. The number of aromatic nitrogens is 3. The van der Waals surface area contributed by atoms with Gasteiger partial charge in [0.05, 0.1) is 18.3 Å². The van der Waals surface area contributed by atoms with Crippen molar-refractivity contribution in [3.8, 4) is 0 Å². The largest absolute Gasteiger partial charge is 0.343 e. The van der Waals surface area contributed by atoms with E-state index in [4.69, 9.17) is 11.6 Å². The molecule has 7 heteroatoms. The molecule has 4 rings (SSSR count). The number of nitrogens with zero attached hydrogens (tertiary/aromatic N) is 3. The van der Waals surface area contributed by atoms with E-state index in [-0.39, 0.29) is 11.9 Å². The third-order valence-corrected chi connectivity index (χ3v) is 5.79. The summed E-state index contributed by atoms with van der Waals surface area (Å²) in [5.74, 6) is 0.908. The lowest BCUT2D eigenvalue weighted by Crippen LogP contribution is -2.31. The molecule has 1 saturated heterocycles. The van der Waals surface area contributed by atoms with E-state index in [9.17, 15) is 4.79 Å². The molecule has 1 saturated carbocycles. The maximum atomic E-state index is 12.8. The van der Waals surface area contributed by atoms with Crippen LogP contribution in [0.2, 0.25) is 5.02 Å². The van der Waals surface area contributed by atoms with Gasteiger partial charge in [-0.25, -0.2) is 4.68 Å². The quantitative estimate of drug-likeness (QED) is 0.845. The Balaban J connectivity index is 1.48. The van der Waals surface area contributed by atoms with Crippen LogP contribution in [-0.2, 0) is 0 Å². The van der Waals surface area contributed by atoms with E-state index in [2.05, 4.69) is 27.9 Å². The van der Waals surface area contributed by atoms with E-state index in [1.165, 1.54) is 0 Å². The maximum absolute atomic E-state index is 12.8. The van der Waals surface area contributed by atoms with Crippen LogP contribution >= 0.6 is 11.6 Å². The molecule has 2 aliphatic rings. The Morgan fingerprint density at radius 1 is 1.31 bits per heavy atom. The minimum Gasteiger partial charge on any atom is -0.343 e. The molecule has 1 aliphatic carbocycles. The Morgan fingerprint density at radius 3 is 2.65 bits per heavy atom. The number of halogens is 1. The number of amides is 1. The molecule has 2 N–H and O–H groups in total. The Morgan fingerprint density at radius 2 is 2.00 bits per heavy atom. The van der Waals surface area contributed by atoms with Crippen molar-refractivity contribution in [2.45, 2.75) is 38.3 Å². The van der Waals surface area contributed by atoms with Gasteiger partial charge in [0.25, 0.3) is 5.91 Å². The van der Waals surface area contributed by atoms with Gasteiger partial charge in [-0.3, -0.25) is 4.79 Å². The summed E-state index contributed by atoms with van der Waals surface area (Å²) in [4.78, 5) is 12.8. The Labute approximate surface area is 158 Å². The van der Waals surface area contributed by atoms with Crippen LogP contribution in [0.1, 0.15) is 54.3 Å². The predicted octanol–water partition coefficient (Wildman–Crippen LogP) is 2.98. The smallest absolute Gasteiger partial charge is 0.273 e. The monoisotopic (exact) mass is 373 g/mol. The summed E-state index contributed by atoms with van der Waals surface area (Å²) in [6.07, 6.45) is 4.92. The number of nitrogens with one attached hydrogen (secondary N) is 2. The topological polar surface area (TPSA) is 71.8 Å². The van der Waals surface area contributed by atoms with Gasteiger partial charge < -0.3 is 10.6 Å². The van der Waals surface area contributed by atoms with Gasteiger partial charge in [-0.1, -0.05) is 35.9 Å². The predicted molar refractivity (Wildman–Crippen MR) is 100 cm³/mol. The van der Waals surface area contributed by atoms with Gasteiger partial charge >= 0.3 is 0 Å². The minimum absolute atomic E-state index is 0.0150. The zero-order valence-electron chi connectivity index (χ0n) is 14.9. The van der Waals surface area contributed by atoms with Gasteiger partial charge in [0.15, 0.2) is 5.69 Å². The molecule has 0 bridgehead atoms. The van der Waals surface area contributed by atoms with E-state index in [0.717, 1.165) is 37.9 Å². The number of benzene rings is 1. The lowest BCUT2D eigenvalue weighted by molar-refractivity contribution is 0.0925. The van der Waals surface area contributed by atoms with E-state index in [0.29, 0.717) is 28.6 Å². The summed E-state index contributed by atoms with van der Waals surface area (Å²) in [6.45, 7) is 4.17. The lowest BCUT2D eigenvalue weighted by atomic mass is 10.0. The Hall–Kier alpha value is -1.92. The molecule has 138 valence electrons.